The summed E-state index contributed by atoms with van der Waals surface area (Å²) in [4.78, 5) is 14.3. The fraction of sp³-hybridized carbons (Fsp3) is 0.500. The predicted molar refractivity (Wildman–Crippen MR) is 79.2 cm³/mol. The minimum atomic E-state index is -0.0472. The molecule has 0 spiro atoms. The van der Waals surface area contributed by atoms with E-state index in [2.05, 4.69) is 30.1 Å². The third kappa shape index (κ3) is 3.82. The molecule has 0 aliphatic carbocycles. The molecule has 4 nitrogen and oxygen atoms in total. The van der Waals surface area contributed by atoms with E-state index in [1.54, 1.807) is 18.2 Å². The fourth-order valence-corrected chi connectivity index (χ4v) is 3.00. The maximum atomic E-state index is 12.1. The minimum Gasteiger partial charge on any atom is -0.324 e. The van der Waals surface area contributed by atoms with Crippen molar-refractivity contribution in [3.63, 3.8) is 0 Å². The highest BCUT2D eigenvalue weighted by atomic mass is 16.2. The summed E-state index contributed by atoms with van der Waals surface area (Å²) in [6, 6.07) is 9.18. The predicted octanol–water partition coefficient (Wildman–Crippen LogP) is 2.47. The number of para-hydroxylation sites is 1. The van der Waals surface area contributed by atoms with Crippen LogP contribution < -0.4 is 5.32 Å². The molecule has 0 saturated carbocycles. The third-order valence-electron chi connectivity index (χ3n) is 3.63. The van der Waals surface area contributed by atoms with E-state index in [0.29, 0.717) is 29.6 Å². The van der Waals surface area contributed by atoms with E-state index in [0.717, 1.165) is 13.1 Å². The number of amides is 1. The van der Waals surface area contributed by atoms with Crippen molar-refractivity contribution in [2.45, 2.75) is 20.3 Å². The minimum absolute atomic E-state index is 0.0472. The molecule has 1 heterocycles. The zero-order valence-corrected chi connectivity index (χ0v) is 12.1. The summed E-state index contributed by atoms with van der Waals surface area (Å²) < 4.78 is 0. The van der Waals surface area contributed by atoms with Gasteiger partial charge in [-0.2, -0.15) is 5.26 Å². The van der Waals surface area contributed by atoms with E-state index in [9.17, 15) is 4.79 Å². The van der Waals surface area contributed by atoms with Gasteiger partial charge in [0.2, 0.25) is 5.91 Å². The van der Waals surface area contributed by atoms with Crippen molar-refractivity contribution in [1.82, 2.24) is 4.90 Å². The van der Waals surface area contributed by atoms with E-state index >= 15 is 0 Å². The quantitative estimate of drug-likeness (QED) is 0.918. The van der Waals surface area contributed by atoms with Gasteiger partial charge < -0.3 is 5.32 Å². The molecule has 1 aromatic carbocycles. The Bertz CT molecular complexity index is 511. The van der Waals surface area contributed by atoms with Gasteiger partial charge in [0.25, 0.3) is 0 Å². The van der Waals surface area contributed by atoms with Crippen LogP contribution in [0.15, 0.2) is 24.3 Å². The van der Waals surface area contributed by atoms with Crippen LogP contribution in [-0.4, -0.2) is 30.4 Å². The molecule has 0 unspecified atom stereocenters. The van der Waals surface area contributed by atoms with Crippen molar-refractivity contribution in [2.75, 3.05) is 25.0 Å². The van der Waals surface area contributed by atoms with E-state index in [4.69, 9.17) is 5.26 Å². The Morgan fingerprint density at radius 2 is 2.00 bits per heavy atom. The summed E-state index contributed by atoms with van der Waals surface area (Å²) in [6.45, 7) is 6.79. The molecule has 2 atom stereocenters. The van der Waals surface area contributed by atoms with Gasteiger partial charge in [-0.05, 0) is 30.4 Å². The van der Waals surface area contributed by atoms with Crippen LogP contribution in [-0.2, 0) is 4.79 Å². The molecular formula is C16H21N3O. The maximum Gasteiger partial charge on any atom is 0.238 e. The van der Waals surface area contributed by atoms with Crippen molar-refractivity contribution >= 4 is 11.6 Å². The number of hydrogen-bond donors (Lipinski definition) is 1. The number of piperidine rings is 1. The van der Waals surface area contributed by atoms with Gasteiger partial charge in [0.15, 0.2) is 0 Å². The van der Waals surface area contributed by atoms with E-state index in [1.807, 2.05) is 6.07 Å². The summed E-state index contributed by atoms with van der Waals surface area (Å²) in [6.07, 6.45) is 1.23. The van der Waals surface area contributed by atoms with Gasteiger partial charge in [-0.1, -0.05) is 26.0 Å². The van der Waals surface area contributed by atoms with Crippen molar-refractivity contribution in [2.24, 2.45) is 11.8 Å². The van der Waals surface area contributed by atoms with E-state index in [-0.39, 0.29) is 5.91 Å². The molecule has 0 bridgehead atoms. The largest absolute Gasteiger partial charge is 0.324 e. The average Bonchev–Trinajstić information content (AvgIpc) is 2.37. The van der Waals surface area contributed by atoms with Gasteiger partial charge in [0.1, 0.15) is 6.07 Å². The number of anilines is 1. The van der Waals surface area contributed by atoms with Gasteiger partial charge in [-0.15, -0.1) is 0 Å². The molecule has 1 saturated heterocycles. The monoisotopic (exact) mass is 271 g/mol. The normalized spacial score (nSPS) is 23.1. The topological polar surface area (TPSA) is 56.1 Å². The second-order valence-corrected chi connectivity index (χ2v) is 5.85. The summed E-state index contributed by atoms with van der Waals surface area (Å²) in [5, 5.41) is 11.8. The third-order valence-corrected chi connectivity index (χ3v) is 3.63. The number of hydrogen-bond acceptors (Lipinski definition) is 3. The zero-order valence-electron chi connectivity index (χ0n) is 12.1. The maximum absolute atomic E-state index is 12.1. The molecule has 1 N–H and O–H groups in total. The number of nitrogens with zero attached hydrogens (tertiary/aromatic N) is 2. The molecule has 20 heavy (non-hydrogen) atoms. The molecule has 4 heteroatoms. The SMILES string of the molecule is C[C@@H]1C[C@@H](C)CN(CC(=O)Nc2ccccc2C#N)C1. The van der Waals surface area contributed by atoms with Crippen LogP contribution in [0.5, 0.6) is 0 Å². The van der Waals surface area contributed by atoms with E-state index in [1.165, 1.54) is 6.42 Å². The Balaban J connectivity index is 1.94. The molecule has 0 radical (unpaired) electrons. The Labute approximate surface area is 120 Å². The first kappa shape index (κ1) is 14.5. The molecule has 1 amide bonds. The Morgan fingerprint density at radius 3 is 2.65 bits per heavy atom. The van der Waals surface area contributed by atoms with Crippen LogP contribution in [0.1, 0.15) is 25.8 Å². The molecular weight excluding hydrogens is 250 g/mol. The fourth-order valence-electron chi connectivity index (χ4n) is 3.00. The number of nitrogens with one attached hydrogen (secondary N) is 1. The summed E-state index contributed by atoms with van der Waals surface area (Å²) in [5.74, 6) is 1.23. The lowest BCUT2D eigenvalue weighted by Gasteiger charge is -2.34. The summed E-state index contributed by atoms with van der Waals surface area (Å²) in [5.41, 5.74) is 1.10. The first-order valence-corrected chi connectivity index (χ1v) is 7.10. The average molecular weight is 271 g/mol. The summed E-state index contributed by atoms with van der Waals surface area (Å²) in [7, 11) is 0. The van der Waals surface area contributed by atoms with Crippen LogP contribution in [0, 0.1) is 23.2 Å². The number of benzene rings is 1. The van der Waals surface area contributed by atoms with Crippen molar-refractivity contribution in [3.8, 4) is 6.07 Å². The highest BCUT2D eigenvalue weighted by molar-refractivity contribution is 5.93. The van der Waals surface area contributed by atoms with Crippen LogP contribution in [0.2, 0.25) is 0 Å². The molecule has 2 rings (SSSR count). The molecule has 1 aromatic rings. The highest BCUT2D eigenvalue weighted by Crippen LogP contribution is 2.21. The second-order valence-electron chi connectivity index (χ2n) is 5.85. The van der Waals surface area contributed by atoms with E-state index < -0.39 is 0 Å². The van der Waals surface area contributed by atoms with Gasteiger partial charge in [0.05, 0.1) is 17.8 Å². The molecule has 1 fully saturated rings. The van der Waals surface area contributed by atoms with Crippen molar-refractivity contribution in [1.29, 1.82) is 5.26 Å². The standard InChI is InChI=1S/C16H21N3O/c1-12-7-13(2)10-19(9-12)11-16(20)18-15-6-4-3-5-14(15)8-17/h3-6,12-13H,7,9-11H2,1-2H3,(H,18,20)/t12-,13-/m1/s1. The van der Waals surface area contributed by atoms with Crippen molar-refractivity contribution < 1.29 is 4.79 Å². The number of nitriles is 1. The summed E-state index contributed by atoms with van der Waals surface area (Å²) >= 11 is 0. The second kappa shape index (κ2) is 6.53. The first-order chi connectivity index (χ1) is 9.58. The first-order valence-electron chi connectivity index (χ1n) is 7.10. The molecule has 106 valence electrons. The van der Waals surface area contributed by atoms with Gasteiger partial charge in [-0.3, -0.25) is 9.69 Å². The van der Waals surface area contributed by atoms with Crippen LogP contribution in [0.4, 0.5) is 5.69 Å². The van der Waals surface area contributed by atoms with Gasteiger partial charge in [-0.25, -0.2) is 0 Å². The highest BCUT2D eigenvalue weighted by Gasteiger charge is 2.23. The zero-order chi connectivity index (χ0) is 14.5. The smallest absolute Gasteiger partial charge is 0.238 e. The Morgan fingerprint density at radius 1 is 1.35 bits per heavy atom. The lowest BCUT2D eigenvalue weighted by Crippen LogP contribution is -2.42. The van der Waals surface area contributed by atoms with Crippen LogP contribution >= 0.6 is 0 Å². The van der Waals surface area contributed by atoms with Gasteiger partial charge in [0, 0.05) is 13.1 Å². The lowest BCUT2D eigenvalue weighted by atomic mass is 9.92. The molecule has 1 aliphatic heterocycles. The van der Waals surface area contributed by atoms with Crippen LogP contribution in [0.3, 0.4) is 0 Å². The number of likely N-dealkylation sites (tertiary alicyclic amines) is 1. The molecule has 1 aliphatic rings. The van der Waals surface area contributed by atoms with Crippen molar-refractivity contribution in [3.05, 3.63) is 29.8 Å². The number of carbonyl (C=O) groups excluding carboxylic acids is 1. The Kier molecular flexibility index (Phi) is 4.75. The van der Waals surface area contributed by atoms with Gasteiger partial charge >= 0.3 is 0 Å². The number of rotatable bonds is 3. The Hall–Kier alpha value is -1.86. The lowest BCUT2D eigenvalue weighted by molar-refractivity contribution is -0.117. The number of carbonyl (C=O) groups is 1. The molecule has 0 aromatic heterocycles. The van der Waals surface area contributed by atoms with Crippen LogP contribution in [0.25, 0.3) is 0 Å².